The molecular formula is C24H34ClN3O3. The van der Waals surface area contributed by atoms with Gasteiger partial charge in [0.1, 0.15) is 11.5 Å². The number of carbonyl (C=O) groups is 1. The topological polar surface area (TPSA) is 66.7 Å². The van der Waals surface area contributed by atoms with Crippen LogP contribution in [-0.2, 0) is 16.1 Å². The molecule has 0 saturated carbocycles. The highest BCUT2D eigenvalue weighted by Crippen LogP contribution is 2.23. The van der Waals surface area contributed by atoms with Gasteiger partial charge in [-0.3, -0.25) is 4.79 Å². The third kappa shape index (κ3) is 7.65. The molecule has 1 aromatic carbocycles. The van der Waals surface area contributed by atoms with Gasteiger partial charge in [-0.25, -0.2) is 0 Å². The molecule has 1 aliphatic rings. The van der Waals surface area contributed by atoms with Crippen LogP contribution in [-0.4, -0.2) is 56.2 Å². The van der Waals surface area contributed by atoms with Crippen LogP contribution >= 0.6 is 11.6 Å². The van der Waals surface area contributed by atoms with Gasteiger partial charge in [0, 0.05) is 42.9 Å². The highest BCUT2D eigenvalue weighted by Gasteiger charge is 2.25. The smallest absolute Gasteiger partial charge is 0.234 e. The van der Waals surface area contributed by atoms with Gasteiger partial charge >= 0.3 is 0 Å². The molecule has 2 N–H and O–H groups in total. The Morgan fingerprint density at radius 1 is 1.26 bits per heavy atom. The lowest BCUT2D eigenvalue weighted by atomic mass is 9.93. The summed E-state index contributed by atoms with van der Waals surface area (Å²) >= 11 is 5.93. The monoisotopic (exact) mass is 447 g/mol. The predicted molar refractivity (Wildman–Crippen MR) is 124 cm³/mol. The summed E-state index contributed by atoms with van der Waals surface area (Å²) in [5.74, 6) is 1.99. The summed E-state index contributed by atoms with van der Waals surface area (Å²) in [7, 11) is 0. The lowest BCUT2D eigenvalue weighted by Gasteiger charge is -2.37. The van der Waals surface area contributed by atoms with E-state index in [9.17, 15) is 4.79 Å². The largest absolute Gasteiger partial charge is 0.459 e. The minimum Gasteiger partial charge on any atom is -0.459 e. The first-order chi connectivity index (χ1) is 15.0. The number of amides is 1. The molecule has 1 aromatic heterocycles. The van der Waals surface area contributed by atoms with E-state index in [2.05, 4.69) is 22.5 Å². The van der Waals surface area contributed by atoms with E-state index in [1.807, 2.05) is 43.3 Å². The van der Waals surface area contributed by atoms with Gasteiger partial charge in [0.2, 0.25) is 5.91 Å². The van der Waals surface area contributed by atoms with E-state index >= 15 is 0 Å². The number of nitrogens with one attached hydrogen (secondary N) is 2. The summed E-state index contributed by atoms with van der Waals surface area (Å²) in [4.78, 5) is 14.8. The third-order valence-corrected chi connectivity index (χ3v) is 5.98. The maximum absolute atomic E-state index is 12.3. The number of halogens is 1. The summed E-state index contributed by atoms with van der Waals surface area (Å²) in [6, 6.07) is 11.7. The molecule has 7 heteroatoms. The van der Waals surface area contributed by atoms with Crippen LogP contribution in [0.4, 0.5) is 0 Å². The van der Waals surface area contributed by atoms with Crippen molar-refractivity contribution in [1.82, 2.24) is 15.5 Å². The quantitative estimate of drug-likeness (QED) is 0.510. The normalized spacial score (nSPS) is 19.5. The fraction of sp³-hybridized carbons (Fsp3) is 0.542. The van der Waals surface area contributed by atoms with E-state index in [1.165, 1.54) is 0 Å². The van der Waals surface area contributed by atoms with Crippen LogP contribution < -0.4 is 10.6 Å². The van der Waals surface area contributed by atoms with Gasteiger partial charge in [-0.15, -0.1) is 0 Å². The molecule has 0 aliphatic carbocycles. The van der Waals surface area contributed by atoms with Gasteiger partial charge in [-0.1, -0.05) is 18.5 Å². The summed E-state index contributed by atoms with van der Waals surface area (Å²) < 4.78 is 11.3. The second kappa shape index (κ2) is 12.2. The Hall–Kier alpha value is -1.86. The molecule has 0 bridgehead atoms. The standard InChI is InChI=1S/C24H34ClN3O3/c1-3-30-14-4-12-28-13-11-22(18(2)17-28)26-16-24(29)27-15-21-9-10-23(31-21)19-5-7-20(25)8-6-19/h5-10,18,22,26H,3-4,11-17H2,1-2H3,(H,27,29)/t18-,22+/m1/s1. The molecule has 0 spiro atoms. The van der Waals surface area contributed by atoms with Crippen LogP contribution in [0.1, 0.15) is 32.4 Å². The zero-order valence-electron chi connectivity index (χ0n) is 18.5. The highest BCUT2D eigenvalue weighted by molar-refractivity contribution is 6.30. The first-order valence-corrected chi connectivity index (χ1v) is 11.6. The maximum atomic E-state index is 12.3. The predicted octanol–water partition coefficient (Wildman–Crippen LogP) is 3.94. The van der Waals surface area contributed by atoms with E-state index < -0.39 is 0 Å². The number of ether oxygens (including phenoxy) is 1. The van der Waals surface area contributed by atoms with Crippen LogP contribution in [0.2, 0.25) is 5.02 Å². The number of furan rings is 1. The fourth-order valence-corrected chi connectivity index (χ4v) is 4.11. The van der Waals surface area contributed by atoms with Crippen molar-refractivity contribution in [2.24, 2.45) is 5.92 Å². The number of piperidine rings is 1. The van der Waals surface area contributed by atoms with Crippen LogP contribution in [0.25, 0.3) is 11.3 Å². The van der Waals surface area contributed by atoms with Crippen molar-refractivity contribution in [2.45, 2.75) is 39.3 Å². The van der Waals surface area contributed by atoms with Crippen LogP contribution in [0, 0.1) is 5.92 Å². The Morgan fingerprint density at radius 2 is 2.06 bits per heavy atom. The van der Waals surface area contributed by atoms with Crippen molar-refractivity contribution in [3.63, 3.8) is 0 Å². The Kier molecular flexibility index (Phi) is 9.40. The Morgan fingerprint density at radius 3 is 2.81 bits per heavy atom. The first kappa shape index (κ1) is 23.8. The average Bonchev–Trinajstić information content (AvgIpc) is 3.24. The number of nitrogens with zero attached hydrogens (tertiary/aromatic N) is 1. The number of rotatable bonds is 11. The first-order valence-electron chi connectivity index (χ1n) is 11.2. The van der Waals surface area contributed by atoms with Gasteiger partial charge < -0.3 is 24.7 Å². The van der Waals surface area contributed by atoms with Gasteiger partial charge in [0.25, 0.3) is 0 Å². The summed E-state index contributed by atoms with van der Waals surface area (Å²) in [6.07, 6.45) is 2.14. The van der Waals surface area contributed by atoms with Crippen molar-refractivity contribution in [3.05, 3.63) is 47.2 Å². The fourth-order valence-electron chi connectivity index (χ4n) is 3.99. The molecule has 170 valence electrons. The lowest BCUT2D eigenvalue weighted by molar-refractivity contribution is -0.120. The van der Waals surface area contributed by atoms with Crippen molar-refractivity contribution in [3.8, 4) is 11.3 Å². The molecule has 0 radical (unpaired) electrons. The third-order valence-electron chi connectivity index (χ3n) is 5.73. The second-order valence-corrected chi connectivity index (χ2v) is 8.59. The number of hydrogen-bond acceptors (Lipinski definition) is 5. The summed E-state index contributed by atoms with van der Waals surface area (Å²) in [5.41, 5.74) is 0.960. The second-order valence-electron chi connectivity index (χ2n) is 8.15. The van der Waals surface area contributed by atoms with Crippen LogP contribution in [0.5, 0.6) is 0 Å². The minimum atomic E-state index is -0.0178. The van der Waals surface area contributed by atoms with Crippen LogP contribution in [0.3, 0.4) is 0 Å². The van der Waals surface area contributed by atoms with Crippen molar-refractivity contribution < 1.29 is 13.9 Å². The van der Waals surface area contributed by atoms with E-state index in [0.717, 1.165) is 62.8 Å². The van der Waals surface area contributed by atoms with Gasteiger partial charge in [0.15, 0.2) is 0 Å². The number of likely N-dealkylation sites (tertiary alicyclic amines) is 1. The zero-order valence-corrected chi connectivity index (χ0v) is 19.3. The summed E-state index contributed by atoms with van der Waals surface area (Å²) in [5, 5.41) is 7.06. The van der Waals surface area contributed by atoms with Gasteiger partial charge in [-0.05, 0) is 68.6 Å². The van der Waals surface area contributed by atoms with Crippen molar-refractivity contribution in [1.29, 1.82) is 0 Å². The van der Waals surface area contributed by atoms with Gasteiger partial charge in [-0.2, -0.15) is 0 Å². The maximum Gasteiger partial charge on any atom is 0.234 e. The molecule has 1 amide bonds. The lowest BCUT2D eigenvalue weighted by Crippen LogP contribution is -2.50. The molecule has 31 heavy (non-hydrogen) atoms. The molecule has 0 unspecified atom stereocenters. The van der Waals surface area contributed by atoms with Crippen molar-refractivity contribution >= 4 is 17.5 Å². The van der Waals surface area contributed by atoms with E-state index in [4.69, 9.17) is 20.8 Å². The Bertz CT molecular complexity index is 809. The Labute approximate surface area is 190 Å². The molecule has 1 saturated heterocycles. The molecule has 2 aromatic rings. The Balaban J connectivity index is 1.35. The van der Waals surface area contributed by atoms with Crippen LogP contribution in [0.15, 0.2) is 40.8 Å². The molecular weight excluding hydrogens is 414 g/mol. The van der Waals surface area contributed by atoms with Gasteiger partial charge in [0.05, 0.1) is 13.1 Å². The van der Waals surface area contributed by atoms with E-state index in [0.29, 0.717) is 30.1 Å². The number of benzene rings is 1. The molecule has 3 rings (SSSR count). The molecule has 2 heterocycles. The zero-order chi connectivity index (χ0) is 22.1. The number of carbonyl (C=O) groups excluding carboxylic acids is 1. The minimum absolute atomic E-state index is 0.0178. The molecule has 2 atom stereocenters. The number of hydrogen-bond donors (Lipinski definition) is 2. The van der Waals surface area contributed by atoms with Crippen molar-refractivity contribution in [2.75, 3.05) is 39.4 Å². The van der Waals surface area contributed by atoms with E-state index in [-0.39, 0.29) is 5.91 Å². The SMILES string of the molecule is CCOCCCN1CC[C@H](NCC(=O)NCc2ccc(-c3ccc(Cl)cc3)o2)[C@H](C)C1. The molecule has 1 fully saturated rings. The van der Waals surface area contributed by atoms with E-state index in [1.54, 1.807) is 0 Å². The molecule has 1 aliphatic heterocycles. The summed E-state index contributed by atoms with van der Waals surface area (Å²) in [6.45, 7) is 9.81. The highest BCUT2D eigenvalue weighted by atomic mass is 35.5. The molecule has 6 nitrogen and oxygen atoms in total. The average molecular weight is 448 g/mol.